The molecule has 2 aliphatic rings. The van der Waals surface area contributed by atoms with Crippen molar-refractivity contribution in [1.29, 1.82) is 0 Å². The number of hydrogen-bond donors (Lipinski definition) is 0. The summed E-state index contributed by atoms with van der Waals surface area (Å²) in [6.45, 7) is 8.12. The molecule has 25 heavy (non-hydrogen) atoms. The van der Waals surface area contributed by atoms with E-state index in [-0.39, 0.29) is 11.6 Å². The molecule has 0 aliphatic heterocycles. The third kappa shape index (κ3) is 2.39. The summed E-state index contributed by atoms with van der Waals surface area (Å²) < 4.78 is 2.27. The van der Waals surface area contributed by atoms with Crippen LogP contribution in [-0.4, -0.2) is 40.7 Å². The predicted molar refractivity (Wildman–Crippen MR) is 98.4 cm³/mol. The molecule has 130 valence electrons. The molecule has 0 fully saturated rings. The van der Waals surface area contributed by atoms with Gasteiger partial charge in [-0.15, -0.1) is 0 Å². The van der Waals surface area contributed by atoms with Crippen LogP contribution in [0.4, 0.5) is 0 Å². The van der Waals surface area contributed by atoms with Crippen molar-refractivity contribution in [2.45, 2.75) is 39.7 Å². The van der Waals surface area contributed by atoms with Crippen molar-refractivity contribution < 1.29 is 9.59 Å². The number of hydrogen-bond acceptors (Lipinski definition) is 3. The Hall–Kier alpha value is -2.20. The Bertz CT molecular complexity index is 859. The van der Waals surface area contributed by atoms with Gasteiger partial charge in [0.1, 0.15) is 0 Å². The second-order valence-electron chi connectivity index (χ2n) is 6.88. The van der Waals surface area contributed by atoms with Gasteiger partial charge in [-0.3, -0.25) is 9.59 Å². The lowest BCUT2D eigenvalue weighted by atomic mass is 9.92. The average Bonchev–Trinajstić information content (AvgIpc) is 3.11. The van der Waals surface area contributed by atoms with E-state index in [2.05, 4.69) is 23.3 Å². The lowest BCUT2D eigenvalue weighted by Crippen LogP contribution is -2.28. The van der Waals surface area contributed by atoms with Crippen LogP contribution in [0.5, 0.6) is 0 Å². The van der Waals surface area contributed by atoms with E-state index in [0.717, 1.165) is 61.5 Å². The van der Waals surface area contributed by atoms with Crippen LogP contribution in [0, 0.1) is 0 Å². The molecule has 0 unspecified atom stereocenters. The molecule has 0 amide bonds. The molecule has 4 rings (SSSR count). The van der Waals surface area contributed by atoms with E-state index in [9.17, 15) is 9.59 Å². The van der Waals surface area contributed by atoms with E-state index in [0.29, 0.717) is 17.5 Å². The van der Waals surface area contributed by atoms with Gasteiger partial charge in [-0.1, -0.05) is 38.1 Å². The van der Waals surface area contributed by atoms with Gasteiger partial charge in [0.15, 0.2) is 11.6 Å². The molecular formula is C21H24N2O2. The van der Waals surface area contributed by atoms with E-state index < -0.39 is 0 Å². The summed E-state index contributed by atoms with van der Waals surface area (Å²) >= 11 is 0. The average molecular weight is 336 g/mol. The van der Waals surface area contributed by atoms with Crippen molar-refractivity contribution in [3.8, 4) is 11.3 Å². The van der Waals surface area contributed by atoms with Gasteiger partial charge in [0.05, 0.1) is 16.8 Å². The fourth-order valence-electron chi connectivity index (χ4n) is 4.32. The minimum Gasteiger partial charge on any atom is -0.342 e. The summed E-state index contributed by atoms with van der Waals surface area (Å²) in [5.41, 5.74) is 5.17. The maximum atomic E-state index is 13.0. The molecule has 4 nitrogen and oxygen atoms in total. The summed E-state index contributed by atoms with van der Waals surface area (Å²) in [4.78, 5) is 28.0. The minimum atomic E-state index is 0.0266. The Morgan fingerprint density at radius 2 is 1.72 bits per heavy atom. The first-order valence-corrected chi connectivity index (χ1v) is 9.32. The van der Waals surface area contributed by atoms with E-state index >= 15 is 0 Å². The molecule has 1 heterocycles. The van der Waals surface area contributed by atoms with E-state index in [1.165, 1.54) is 0 Å². The van der Waals surface area contributed by atoms with Crippen LogP contribution >= 0.6 is 0 Å². The summed E-state index contributed by atoms with van der Waals surface area (Å²) in [6, 6.07) is 7.77. The first-order chi connectivity index (χ1) is 12.2. The van der Waals surface area contributed by atoms with E-state index in [1.807, 2.05) is 24.3 Å². The second kappa shape index (κ2) is 6.26. The van der Waals surface area contributed by atoms with Crippen molar-refractivity contribution in [3.05, 3.63) is 46.6 Å². The molecule has 2 aromatic rings. The van der Waals surface area contributed by atoms with Crippen molar-refractivity contribution in [3.63, 3.8) is 0 Å². The van der Waals surface area contributed by atoms with Gasteiger partial charge in [-0.2, -0.15) is 0 Å². The Labute approximate surface area is 148 Å². The highest BCUT2D eigenvalue weighted by atomic mass is 16.1. The van der Waals surface area contributed by atoms with Crippen LogP contribution in [0.15, 0.2) is 24.3 Å². The lowest BCUT2D eigenvalue weighted by molar-refractivity contribution is 0.0959. The zero-order chi connectivity index (χ0) is 17.6. The van der Waals surface area contributed by atoms with Crippen molar-refractivity contribution in [2.24, 2.45) is 0 Å². The first kappa shape index (κ1) is 16.3. The second-order valence-corrected chi connectivity index (χ2v) is 6.88. The number of likely N-dealkylation sites (N-methyl/N-ethyl adjacent to an activating group) is 1. The number of ketones is 2. The first-order valence-electron chi connectivity index (χ1n) is 9.32. The molecule has 0 radical (unpaired) electrons. The zero-order valence-corrected chi connectivity index (χ0v) is 15.0. The van der Waals surface area contributed by atoms with Gasteiger partial charge in [0, 0.05) is 36.3 Å². The Balaban J connectivity index is 1.88. The SMILES string of the molecule is CCN(CC)CCn1c2c(c3c1-c1ccccc1C3=O)C(=O)CCC2. The number of nitrogens with zero attached hydrogens (tertiary/aromatic N) is 2. The summed E-state index contributed by atoms with van der Waals surface area (Å²) in [5, 5.41) is 0. The smallest absolute Gasteiger partial charge is 0.196 e. The largest absolute Gasteiger partial charge is 0.342 e. The fourth-order valence-corrected chi connectivity index (χ4v) is 4.32. The Morgan fingerprint density at radius 3 is 2.44 bits per heavy atom. The van der Waals surface area contributed by atoms with Crippen LogP contribution in [0.1, 0.15) is 58.7 Å². The van der Waals surface area contributed by atoms with Crippen LogP contribution in [0.25, 0.3) is 11.3 Å². The van der Waals surface area contributed by atoms with Gasteiger partial charge in [0.2, 0.25) is 0 Å². The third-order valence-corrected chi connectivity index (χ3v) is 5.66. The van der Waals surface area contributed by atoms with Gasteiger partial charge in [-0.25, -0.2) is 0 Å². The van der Waals surface area contributed by atoms with Gasteiger partial charge < -0.3 is 9.47 Å². The summed E-state index contributed by atoms with van der Waals surface area (Å²) in [6.07, 6.45) is 2.33. The van der Waals surface area contributed by atoms with Crippen LogP contribution in [-0.2, 0) is 13.0 Å². The Kier molecular flexibility index (Phi) is 4.08. The lowest BCUT2D eigenvalue weighted by Gasteiger charge is -2.22. The van der Waals surface area contributed by atoms with Crippen molar-refractivity contribution in [1.82, 2.24) is 9.47 Å². The topological polar surface area (TPSA) is 42.3 Å². The monoisotopic (exact) mass is 336 g/mol. The molecule has 1 aromatic heterocycles. The van der Waals surface area contributed by atoms with Crippen molar-refractivity contribution in [2.75, 3.05) is 19.6 Å². The van der Waals surface area contributed by atoms with Crippen molar-refractivity contribution >= 4 is 11.6 Å². The molecule has 0 saturated carbocycles. The highest BCUT2D eigenvalue weighted by molar-refractivity contribution is 6.26. The highest BCUT2D eigenvalue weighted by Crippen LogP contribution is 2.43. The number of Topliss-reactive ketones (excluding diaryl/α,β-unsaturated/α-hetero) is 1. The van der Waals surface area contributed by atoms with Crippen LogP contribution in [0.2, 0.25) is 0 Å². The highest BCUT2D eigenvalue weighted by Gasteiger charge is 2.38. The molecule has 4 heteroatoms. The van der Waals surface area contributed by atoms with Crippen LogP contribution in [0.3, 0.4) is 0 Å². The molecule has 0 bridgehead atoms. The fraction of sp³-hybridized carbons (Fsp3) is 0.429. The maximum Gasteiger partial charge on any atom is 0.196 e. The molecule has 0 spiro atoms. The molecule has 0 atom stereocenters. The molecule has 2 aliphatic carbocycles. The Morgan fingerprint density at radius 1 is 1.00 bits per heavy atom. The summed E-state index contributed by atoms with van der Waals surface area (Å²) in [7, 11) is 0. The predicted octanol–water partition coefficient (Wildman–Crippen LogP) is 3.56. The number of carbonyl (C=O) groups excluding carboxylic acids is 2. The van der Waals surface area contributed by atoms with Crippen LogP contribution < -0.4 is 0 Å². The quantitative estimate of drug-likeness (QED) is 0.715. The van der Waals surface area contributed by atoms with Gasteiger partial charge >= 0.3 is 0 Å². The van der Waals surface area contributed by atoms with E-state index in [4.69, 9.17) is 0 Å². The summed E-state index contributed by atoms with van der Waals surface area (Å²) in [5.74, 6) is 0.166. The normalized spacial score (nSPS) is 15.5. The molecule has 0 N–H and O–H groups in total. The number of rotatable bonds is 5. The third-order valence-electron chi connectivity index (χ3n) is 5.66. The zero-order valence-electron chi connectivity index (χ0n) is 15.0. The van der Waals surface area contributed by atoms with Gasteiger partial charge in [-0.05, 0) is 25.9 Å². The minimum absolute atomic E-state index is 0.0266. The van der Waals surface area contributed by atoms with E-state index in [1.54, 1.807) is 0 Å². The number of aromatic nitrogens is 1. The number of fused-ring (bicyclic) bond motifs is 5. The van der Waals surface area contributed by atoms with Gasteiger partial charge in [0.25, 0.3) is 0 Å². The maximum absolute atomic E-state index is 13.0. The number of benzene rings is 1. The molecule has 0 saturated heterocycles. The standard InChI is InChI=1S/C21H24N2O2/c1-3-22(4-2)12-13-23-16-10-7-11-17(24)18(16)19-20(23)14-8-5-6-9-15(14)21(19)25/h5-6,8-9H,3-4,7,10-13H2,1-2H3. The number of carbonyl (C=O) groups is 2. The molecular weight excluding hydrogens is 312 g/mol. The molecule has 1 aromatic carbocycles.